The fourth-order valence-electron chi connectivity index (χ4n) is 3.26. The average molecular weight is 422 g/mol. The van der Waals surface area contributed by atoms with Crippen LogP contribution in [-0.4, -0.2) is 26.3 Å². The first-order valence-electron chi connectivity index (χ1n) is 9.34. The van der Waals surface area contributed by atoms with Gasteiger partial charge in [-0.3, -0.25) is 0 Å². The van der Waals surface area contributed by atoms with Crippen LogP contribution in [-0.2, 0) is 9.53 Å². The fourth-order valence-corrected chi connectivity index (χ4v) is 3.26. The Morgan fingerprint density at radius 3 is 2.35 bits per heavy atom. The van der Waals surface area contributed by atoms with Crippen molar-refractivity contribution in [3.05, 3.63) is 69.4 Å². The number of carbonyl (C=O) groups is 1. The van der Waals surface area contributed by atoms with Crippen LogP contribution in [0.2, 0.25) is 0 Å². The van der Waals surface area contributed by atoms with Gasteiger partial charge in [-0.05, 0) is 37.3 Å². The highest BCUT2D eigenvalue weighted by atomic mass is 16.6. The largest absolute Gasteiger partial charge is 0.497 e. The summed E-state index contributed by atoms with van der Waals surface area (Å²) < 4.78 is 26.1. The minimum Gasteiger partial charge on any atom is -0.497 e. The Balaban J connectivity index is 1.84. The maximum Gasteiger partial charge on any atom is 0.346 e. The smallest absolute Gasteiger partial charge is 0.346 e. The van der Waals surface area contributed by atoms with Crippen molar-refractivity contribution in [1.82, 2.24) is 0 Å². The molecule has 0 saturated heterocycles. The number of hydrogen-bond donors (Lipinski definition) is 0. The highest BCUT2D eigenvalue weighted by Crippen LogP contribution is 2.30. The molecule has 0 bridgehead atoms. The Labute approximate surface area is 175 Å². The highest BCUT2D eigenvalue weighted by Gasteiger charge is 2.17. The molecule has 0 aliphatic carbocycles. The quantitative estimate of drug-likeness (QED) is 0.355. The third kappa shape index (κ3) is 3.87. The van der Waals surface area contributed by atoms with Gasteiger partial charge in [0.15, 0.2) is 6.10 Å². The summed E-state index contributed by atoms with van der Waals surface area (Å²) in [5.41, 5.74) is -0.0983. The van der Waals surface area contributed by atoms with Gasteiger partial charge in [0.05, 0.1) is 19.8 Å². The van der Waals surface area contributed by atoms with Gasteiger partial charge in [0.25, 0.3) is 0 Å². The first kappa shape index (κ1) is 20.2. The molecule has 0 N–H and O–H groups in total. The monoisotopic (exact) mass is 422 g/mol. The molecule has 0 fully saturated rings. The molecule has 8 heteroatoms. The van der Waals surface area contributed by atoms with E-state index in [-0.39, 0.29) is 11.1 Å². The zero-order chi connectivity index (χ0) is 22.1. The molecule has 31 heavy (non-hydrogen) atoms. The Hall–Kier alpha value is -4.07. The van der Waals surface area contributed by atoms with Crippen molar-refractivity contribution >= 4 is 27.9 Å². The predicted molar refractivity (Wildman–Crippen MR) is 113 cm³/mol. The van der Waals surface area contributed by atoms with Gasteiger partial charge in [-0.1, -0.05) is 0 Å². The van der Waals surface area contributed by atoms with Crippen LogP contribution in [0.5, 0.6) is 11.5 Å². The molecule has 0 aliphatic rings. The number of fused-ring (bicyclic) bond motifs is 2. The van der Waals surface area contributed by atoms with Gasteiger partial charge in [-0.25, -0.2) is 14.4 Å². The summed E-state index contributed by atoms with van der Waals surface area (Å²) in [7, 11) is 2.78. The van der Waals surface area contributed by atoms with Crippen LogP contribution in [0.4, 0.5) is 0 Å². The van der Waals surface area contributed by atoms with Crippen molar-refractivity contribution in [3.8, 4) is 22.6 Å². The second kappa shape index (κ2) is 7.98. The summed E-state index contributed by atoms with van der Waals surface area (Å²) >= 11 is 0. The summed E-state index contributed by atoms with van der Waals surface area (Å²) in [6.45, 7) is 1.54. The van der Waals surface area contributed by atoms with E-state index in [0.29, 0.717) is 33.4 Å². The minimum atomic E-state index is -0.845. The van der Waals surface area contributed by atoms with E-state index in [0.717, 1.165) is 0 Å². The molecule has 0 spiro atoms. The maximum atomic E-state index is 12.7. The molecule has 158 valence electrons. The molecule has 0 saturated carbocycles. The summed E-state index contributed by atoms with van der Waals surface area (Å²) in [5, 5.41) is 1.18. The van der Waals surface area contributed by atoms with Crippen molar-refractivity contribution in [2.24, 2.45) is 0 Å². The van der Waals surface area contributed by atoms with E-state index in [2.05, 4.69) is 4.74 Å². The third-order valence-electron chi connectivity index (χ3n) is 4.80. The number of hydrogen-bond acceptors (Lipinski definition) is 8. The molecular weight excluding hydrogens is 404 g/mol. The topological polar surface area (TPSA) is 105 Å². The Morgan fingerprint density at radius 1 is 0.871 bits per heavy atom. The van der Waals surface area contributed by atoms with Gasteiger partial charge in [0, 0.05) is 34.5 Å². The van der Waals surface area contributed by atoms with Crippen molar-refractivity contribution in [2.45, 2.75) is 13.0 Å². The molecule has 1 atom stereocenters. The zero-order valence-corrected chi connectivity index (χ0v) is 17.0. The summed E-state index contributed by atoms with van der Waals surface area (Å²) in [5.74, 6) is 0.326. The molecule has 1 unspecified atom stereocenters. The lowest BCUT2D eigenvalue weighted by Crippen LogP contribution is -2.24. The van der Waals surface area contributed by atoms with Crippen LogP contribution in [0, 0.1) is 0 Å². The molecule has 0 radical (unpaired) electrons. The van der Waals surface area contributed by atoms with Gasteiger partial charge < -0.3 is 23.0 Å². The van der Waals surface area contributed by atoms with Crippen LogP contribution >= 0.6 is 0 Å². The van der Waals surface area contributed by atoms with Crippen LogP contribution < -0.4 is 20.7 Å². The van der Waals surface area contributed by atoms with Crippen LogP contribution in [0.1, 0.15) is 6.92 Å². The lowest BCUT2D eigenvalue weighted by molar-refractivity contribution is -0.147. The number of esters is 1. The number of rotatable bonds is 5. The summed E-state index contributed by atoms with van der Waals surface area (Å²) in [6, 6.07) is 12.7. The van der Waals surface area contributed by atoms with Crippen molar-refractivity contribution in [1.29, 1.82) is 0 Å². The van der Waals surface area contributed by atoms with Crippen molar-refractivity contribution < 1.29 is 27.8 Å². The van der Waals surface area contributed by atoms with E-state index in [4.69, 9.17) is 18.3 Å². The van der Waals surface area contributed by atoms with E-state index < -0.39 is 23.3 Å². The molecular formula is C23H18O8. The third-order valence-corrected chi connectivity index (χ3v) is 4.80. The van der Waals surface area contributed by atoms with E-state index in [1.807, 2.05) is 0 Å². The summed E-state index contributed by atoms with van der Waals surface area (Å²) in [6.07, 6.45) is -0.845. The molecule has 0 amide bonds. The number of methoxy groups -OCH3 is 2. The Morgan fingerprint density at radius 2 is 1.61 bits per heavy atom. The van der Waals surface area contributed by atoms with Crippen molar-refractivity contribution in [3.63, 3.8) is 0 Å². The van der Waals surface area contributed by atoms with E-state index in [1.165, 1.54) is 33.3 Å². The molecule has 2 heterocycles. The molecule has 8 nitrogen and oxygen atoms in total. The van der Waals surface area contributed by atoms with Crippen LogP contribution in [0.15, 0.2) is 67.0 Å². The number of benzene rings is 2. The average Bonchev–Trinajstić information content (AvgIpc) is 2.76. The highest BCUT2D eigenvalue weighted by molar-refractivity contribution is 5.95. The first-order valence-corrected chi connectivity index (χ1v) is 9.34. The Bertz CT molecular complexity index is 1410. The minimum absolute atomic E-state index is 0.200. The van der Waals surface area contributed by atoms with E-state index in [9.17, 15) is 14.4 Å². The van der Waals surface area contributed by atoms with Crippen LogP contribution in [0.25, 0.3) is 33.1 Å². The van der Waals surface area contributed by atoms with Gasteiger partial charge in [0.1, 0.15) is 22.7 Å². The first-order chi connectivity index (χ1) is 14.9. The lowest BCUT2D eigenvalue weighted by Gasteiger charge is -2.13. The normalized spacial score (nSPS) is 12.0. The van der Waals surface area contributed by atoms with E-state index in [1.54, 1.807) is 36.4 Å². The molecule has 4 rings (SSSR count). The van der Waals surface area contributed by atoms with Gasteiger partial charge in [-0.2, -0.15) is 0 Å². The van der Waals surface area contributed by atoms with Crippen molar-refractivity contribution in [2.75, 3.05) is 14.2 Å². The molecule has 4 aromatic rings. The predicted octanol–water partition coefficient (Wildman–Crippen LogP) is 3.52. The molecule has 2 aromatic heterocycles. The zero-order valence-electron chi connectivity index (χ0n) is 17.0. The second-order valence-corrected chi connectivity index (χ2v) is 6.77. The lowest BCUT2D eigenvalue weighted by atomic mass is 10.0. The Kier molecular flexibility index (Phi) is 5.21. The fraction of sp³-hybridized carbons (Fsp3) is 0.174. The molecule has 0 aliphatic heterocycles. The van der Waals surface area contributed by atoms with Gasteiger partial charge in [0.2, 0.25) is 0 Å². The maximum absolute atomic E-state index is 12.7. The van der Waals surface area contributed by atoms with E-state index >= 15 is 0 Å². The summed E-state index contributed by atoms with van der Waals surface area (Å²) in [4.78, 5) is 36.5. The second-order valence-electron chi connectivity index (χ2n) is 6.77. The van der Waals surface area contributed by atoms with Gasteiger partial charge in [-0.15, -0.1) is 0 Å². The molecule has 2 aromatic carbocycles. The standard InChI is InChI=1S/C23H18O8/c1-12(22(25)28-3)29-15-6-7-16-17(11-21(24)30-20(16)10-15)18-8-13-4-5-14(27-2)9-19(13)31-23(18)26/h4-12H,1-3H3. The van der Waals surface area contributed by atoms with Crippen LogP contribution in [0.3, 0.4) is 0 Å². The number of carbonyl (C=O) groups excluding carboxylic acids is 1. The SMILES string of the molecule is COC(=O)C(C)Oc1ccc2c(-c3cc4ccc(OC)cc4oc3=O)cc(=O)oc2c1. The number of ether oxygens (including phenoxy) is 3. The van der Waals surface area contributed by atoms with Gasteiger partial charge >= 0.3 is 17.2 Å².